The lowest BCUT2D eigenvalue weighted by Crippen LogP contribution is -2.23. The van der Waals surface area contributed by atoms with E-state index in [1.165, 1.54) is 36.9 Å². The van der Waals surface area contributed by atoms with Gasteiger partial charge in [-0.3, -0.25) is 0 Å². The maximum Gasteiger partial charge on any atom is 0.0342 e. The summed E-state index contributed by atoms with van der Waals surface area (Å²) in [5, 5.41) is 3.65. The minimum absolute atomic E-state index is 0.604. The number of hydrogen-bond donors (Lipinski definition) is 1. The normalized spacial score (nSPS) is 18.2. The topological polar surface area (TPSA) is 15.3 Å². The van der Waals surface area contributed by atoms with E-state index in [0.29, 0.717) is 6.04 Å². The second-order valence-corrected chi connectivity index (χ2v) is 5.91. The first kappa shape index (κ1) is 13.4. The van der Waals surface area contributed by atoms with Crippen molar-refractivity contribution in [3.8, 4) is 0 Å². The summed E-state index contributed by atoms with van der Waals surface area (Å²) in [5.41, 5.74) is 2.64. The van der Waals surface area contributed by atoms with Gasteiger partial charge in [-0.25, -0.2) is 0 Å². The number of hydrogen-bond acceptors (Lipinski definition) is 2. The van der Waals surface area contributed by atoms with Crippen molar-refractivity contribution in [2.24, 2.45) is 5.92 Å². The van der Waals surface area contributed by atoms with Gasteiger partial charge in [0.2, 0.25) is 0 Å². The SMILES string of the molecule is CC(Nc1ccc(CN(C)C)cc1)C1CCCC1. The summed E-state index contributed by atoms with van der Waals surface area (Å²) < 4.78 is 0. The van der Waals surface area contributed by atoms with Gasteiger partial charge in [-0.2, -0.15) is 0 Å². The molecule has 1 unspecified atom stereocenters. The Balaban J connectivity index is 1.89. The lowest BCUT2D eigenvalue weighted by Gasteiger charge is -2.21. The summed E-state index contributed by atoms with van der Waals surface area (Å²) >= 11 is 0. The van der Waals surface area contributed by atoms with E-state index in [2.05, 4.69) is 55.5 Å². The van der Waals surface area contributed by atoms with Gasteiger partial charge in [0.05, 0.1) is 0 Å². The van der Waals surface area contributed by atoms with Crippen molar-refractivity contribution in [1.29, 1.82) is 0 Å². The molecule has 0 spiro atoms. The van der Waals surface area contributed by atoms with Gasteiger partial charge in [-0.1, -0.05) is 25.0 Å². The lowest BCUT2D eigenvalue weighted by atomic mass is 9.99. The van der Waals surface area contributed by atoms with Crippen LogP contribution in [0.25, 0.3) is 0 Å². The largest absolute Gasteiger partial charge is 0.382 e. The van der Waals surface area contributed by atoms with Gasteiger partial charge in [-0.05, 0) is 57.5 Å². The summed E-state index contributed by atoms with van der Waals surface area (Å²) in [6.45, 7) is 3.34. The fourth-order valence-electron chi connectivity index (χ4n) is 2.91. The first-order chi connectivity index (χ1) is 8.65. The Morgan fingerprint density at radius 3 is 2.33 bits per heavy atom. The molecule has 0 heterocycles. The van der Waals surface area contributed by atoms with Crippen molar-refractivity contribution < 1.29 is 0 Å². The van der Waals surface area contributed by atoms with Crippen LogP contribution in [0, 0.1) is 5.92 Å². The molecular formula is C16H26N2. The molecule has 0 radical (unpaired) electrons. The van der Waals surface area contributed by atoms with Crippen molar-refractivity contribution in [2.75, 3.05) is 19.4 Å². The zero-order valence-electron chi connectivity index (χ0n) is 11.9. The second-order valence-electron chi connectivity index (χ2n) is 5.91. The molecule has 2 rings (SSSR count). The molecular weight excluding hydrogens is 220 g/mol. The first-order valence-electron chi connectivity index (χ1n) is 7.15. The Kier molecular flexibility index (Phi) is 4.65. The van der Waals surface area contributed by atoms with Crippen molar-refractivity contribution in [3.05, 3.63) is 29.8 Å². The van der Waals surface area contributed by atoms with Gasteiger partial charge >= 0.3 is 0 Å². The number of nitrogens with one attached hydrogen (secondary N) is 1. The average molecular weight is 246 g/mol. The maximum absolute atomic E-state index is 3.65. The third-order valence-electron chi connectivity index (χ3n) is 3.95. The van der Waals surface area contributed by atoms with E-state index in [4.69, 9.17) is 0 Å². The van der Waals surface area contributed by atoms with Gasteiger partial charge in [0, 0.05) is 18.3 Å². The Morgan fingerprint density at radius 1 is 1.17 bits per heavy atom. The minimum atomic E-state index is 0.604. The quantitative estimate of drug-likeness (QED) is 0.851. The van der Waals surface area contributed by atoms with Gasteiger partial charge in [0.25, 0.3) is 0 Å². The van der Waals surface area contributed by atoms with Crippen molar-refractivity contribution in [2.45, 2.75) is 45.2 Å². The van der Waals surface area contributed by atoms with Gasteiger partial charge < -0.3 is 10.2 Å². The Bertz CT molecular complexity index is 350. The first-order valence-corrected chi connectivity index (χ1v) is 7.15. The number of benzene rings is 1. The molecule has 2 heteroatoms. The number of rotatable bonds is 5. The third-order valence-corrected chi connectivity index (χ3v) is 3.95. The highest BCUT2D eigenvalue weighted by atomic mass is 15.0. The van der Waals surface area contributed by atoms with E-state index in [-0.39, 0.29) is 0 Å². The van der Waals surface area contributed by atoms with Crippen LogP contribution in [0.15, 0.2) is 24.3 Å². The molecule has 0 bridgehead atoms. The monoisotopic (exact) mass is 246 g/mol. The molecule has 0 aliphatic heterocycles. The number of nitrogens with zero attached hydrogens (tertiary/aromatic N) is 1. The smallest absolute Gasteiger partial charge is 0.0342 e. The summed E-state index contributed by atoms with van der Waals surface area (Å²) in [7, 11) is 4.21. The van der Waals surface area contributed by atoms with Crippen LogP contribution >= 0.6 is 0 Å². The molecule has 1 atom stereocenters. The standard InChI is InChI=1S/C16H26N2/c1-13(15-6-4-5-7-15)17-16-10-8-14(9-11-16)12-18(2)3/h8-11,13,15,17H,4-7,12H2,1-3H3. The van der Waals surface area contributed by atoms with Crippen LogP contribution in [0.3, 0.4) is 0 Å². The molecule has 0 aromatic heterocycles. The molecule has 1 aliphatic rings. The highest BCUT2D eigenvalue weighted by Gasteiger charge is 2.21. The van der Waals surface area contributed by atoms with E-state index in [0.717, 1.165) is 12.5 Å². The highest BCUT2D eigenvalue weighted by molar-refractivity contribution is 5.45. The summed E-state index contributed by atoms with van der Waals surface area (Å²) in [5.74, 6) is 0.867. The molecule has 18 heavy (non-hydrogen) atoms. The summed E-state index contributed by atoms with van der Waals surface area (Å²) in [4.78, 5) is 2.20. The molecule has 1 N–H and O–H groups in total. The summed E-state index contributed by atoms with van der Waals surface area (Å²) in [6.07, 6.45) is 5.62. The van der Waals surface area contributed by atoms with Crippen LogP contribution < -0.4 is 5.32 Å². The van der Waals surface area contributed by atoms with E-state index >= 15 is 0 Å². The van der Waals surface area contributed by atoms with E-state index in [9.17, 15) is 0 Å². The predicted molar refractivity (Wildman–Crippen MR) is 78.9 cm³/mol. The molecule has 0 amide bonds. The lowest BCUT2D eigenvalue weighted by molar-refractivity contribution is 0.402. The van der Waals surface area contributed by atoms with Crippen LogP contribution in [0.1, 0.15) is 38.2 Å². The van der Waals surface area contributed by atoms with Crippen LogP contribution in [-0.4, -0.2) is 25.0 Å². The van der Waals surface area contributed by atoms with Crippen molar-refractivity contribution in [3.63, 3.8) is 0 Å². The zero-order chi connectivity index (χ0) is 13.0. The minimum Gasteiger partial charge on any atom is -0.382 e. The summed E-state index contributed by atoms with van der Waals surface area (Å²) in [6, 6.07) is 9.48. The fourth-order valence-corrected chi connectivity index (χ4v) is 2.91. The van der Waals surface area contributed by atoms with Crippen LogP contribution in [0.4, 0.5) is 5.69 Å². The van der Waals surface area contributed by atoms with Crippen molar-refractivity contribution >= 4 is 5.69 Å². The maximum atomic E-state index is 3.65. The predicted octanol–water partition coefficient (Wildman–Crippen LogP) is 3.74. The molecule has 0 saturated heterocycles. The van der Waals surface area contributed by atoms with Gasteiger partial charge in [0.15, 0.2) is 0 Å². The number of anilines is 1. The van der Waals surface area contributed by atoms with E-state index in [1.54, 1.807) is 0 Å². The van der Waals surface area contributed by atoms with Crippen LogP contribution in [-0.2, 0) is 6.54 Å². The van der Waals surface area contributed by atoms with Crippen LogP contribution in [0.5, 0.6) is 0 Å². The average Bonchev–Trinajstić information content (AvgIpc) is 2.84. The molecule has 1 aromatic rings. The van der Waals surface area contributed by atoms with Crippen LogP contribution in [0.2, 0.25) is 0 Å². The zero-order valence-corrected chi connectivity index (χ0v) is 11.9. The highest BCUT2D eigenvalue weighted by Crippen LogP contribution is 2.29. The molecule has 1 saturated carbocycles. The van der Waals surface area contributed by atoms with Gasteiger partial charge in [-0.15, -0.1) is 0 Å². The molecule has 1 aliphatic carbocycles. The molecule has 1 fully saturated rings. The van der Waals surface area contributed by atoms with Crippen molar-refractivity contribution in [1.82, 2.24) is 4.90 Å². The van der Waals surface area contributed by atoms with E-state index in [1.807, 2.05) is 0 Å². The van der Waals surface area contributed by atoms with Gasteiger partial charge in [0.1, 0.15) is 0 Å². The third kappa shape index (κ3) is 3.74. The Labute approximate surface area is 111 Å². The Morgan fingerprint density at radius 2 is 1.78 bits per heavy atom. The Hall–Kier alpha value is -1.02. The second kappa shape index (κ2) is 6.24. The molecule has 2 nitrogen and oxygen atoms in total. The molecule has 100 valence electrons. The van der Waals surface area contributed by atoms with E-state index < -0.39 is 0 Å². The fraction of sp³-hybridized carbons (Fsp3) is 0.625. The molecule has 1 aromatic carbocycles.